The van der Waals surface area contributed by atoms with Gasteiger partial charge in [-0.2, -0.15) is 0 Å². The molecule has 1 atom stereocenters. The van der Waals surface area contributed by atoms with Crippen LogP contribution in [-0.2, 0) is 11.2 Å². The van der Waals surface area contributed by atoms with Crippen molar-refractivity contribution in [3.05, 3.63) is 39.9 Å². The third-order valence-corrected chi connectivity index (χ3v) is 2.55. The fourth-order valence-electron chi connectivity index (χ4n) is 1.70. The SMILES string of the molecule is CC(C)NC(Cc1ccc([N+](=O)[O-])cc1)C(=O)NO. The Morgan fingerprint density at radius 3 is 2.37 bits per heavy atom. The average molecular weight is 267 g/mol. The lowest BCUT2D eigenvalue weighted by molar-refractivity contribution is -0.384. The van der Waals surface area contributed by atoms with Crippen LogP contribution in [0, 0.1) is 10.1 Å². The number of nitrogens with one attached hydrogen (secondary N) is 2. The molecule has 0 spiro atoms. The van der Waals surface area contributed by atoms with Gasteiger partial charge in [-0.1, -0.05) is 26.0 Å². The number of hydroxylamine groups is 1. The van der Waals surface area contributed by atoms with Gasteiger partial charge in [0.2, 0.25) is 0 Å². The molecule has 19 heavy (non-hydrogen) atoms. The normalized spacial score (nSPS) is 12.2. The van der Waals surface area contributed by atoms with Crippen LogP contribution in [0.2, 0.25) is 0 Å². The molecule has 3 N–H and O–H groups in total. The molecule has 0 aliphatic carbocycles. The Morgan fingerprint density at radius 2 is 1.95 bits per heavy atom. The summed E-state index contributed by atoms with van der Waals surface area (Å²) in [7, 11) is 0. The molecule has 0 bridgehead atoms. The zero-order valence-corrected chi connectivity index (χ0v) is 10.8. The van der Waals surface area contributed by atoms with E-state index in [9.17, 15) is 14.9 Å². The van der Waals surface area contributed by atoms with Crippen LogP contribution in [0.3, 0.4) is 0 Å². The number of hydrogen-bond donors (Lipinski definition) is 3. The molecule has 1 aromatic carbocycles. The maximum absolute atomic E-state index is 11.5. The molecule has 7 nitrogen and oxygen atoms in total. The third kappa shape index (κ3) is 4.65. The van der Waals surface area contributed by atoms with Crippen LogP contribution in [0.1, 0.15) is 19.4 Å². The summed E-state index contributed by atoms with van der Waals surface area (Å²) in [4.78, 5) is 21.5. The molecule has 1 amide bonds. The largest absolute Gasteiger partial charge is 0.303 e. The Kier molecular flexibility index (Phi) is 5.40. The minimum absolute atomic E-state index is 0.00345. The first-order chi connectivity index (χ1) is 8.93. The van der Waals surface area contributed by atoms with Crippen LogP contribution in [0.4, 0.5) is 5.69 Å². The minimum atomic E-state index is -0.591. The standard InChI is InChI=1S/C12H17N3O4/c1-8(2)13-11(12(16)14-17)7-9-3-5-10(6-4-9)15(18)19/h3-6,8,11,13,17H,7H2,1-2H3,(H,14,16). The lowest BCUT2D eigenvalue weighted by Crippen LogP contribution is -2.47. The van der Waals surface area contributed by atoms with Crippen molar-refractivity contribution >= 4 is 11.6 Å². The Balaban J connectivity index is 2.78. The maximum Gasteiger partial charge on any atom is 0.269 e. The Bertz CT molecular complexity index is 445. The summed E-state index contributed by atoms with van der Waals surface area (Å²) >= 11 is 0. The van der Waals surface area contributed by atoms with Gasteiger partial charge in [-0.15, -0.1) is 0 Å². The molecular weight excluding hydrogens is 250 g/mol. The lowest BCUT2D eigenvalue weighted by Gasteiger charge is -2.19. The van der Waals surface area contributed by atoms with Crippen LogP contribution in [0.25, 0.3) is 0 Å². The molecule has 1 rings (SSSR count). The molecule has 7 heteroatoms. The van der Waals surface area contributed by atoms with Crippen LogP contribution in [0.15, 0.2) is 24.3 Å². The number of nitro benzene ring substituents is 1. The molecule has 1 aromatic rings. The van der Waals surface area contributed by atoms with E-state index < -0.39 is 16.9 Å². The van der Waals surface area contributed by atoms with Crippen molar-refractivity contribution in [1.82, 2.24) is 10.8 Å². The van der Waals surface area contributed by atoms with E-state index in [1.165, 1.54) is 12.1 Å². The summed E-state index contributed by atoms with van der Waals surface area (Å²) in [5, 5.41) is 22.2. The first-order valence-corrected chi connectivity index (χ1v) is 5.87. The smallest absolute Gasteiger partial charge is 0.269 e. The highest BCUT2D eigenvalue weighted by Crippen LogP contribution is 2.13. The summed E-state index contributed by atoms with van der Waals surface area (Å²) in [5.41, 5.74) is 2.38. The quantitative estimate of drug-likeness (QED) is 0.405. The van der Waals surface area contributed by atoms with Crippen molar-refractivity contribution in [3.63, 3.8) is 0 Å². The van der Waals surface area contributed by atoms with E-state index in [0.29, 0.717) is 6.42 Å². The number of rotatable bonds is 6. The highest BCUT2D eigenvalue weighted by Gasteiger charge is 2.19. The zero-order chi connectivity index (χ0) is 14.4. The van der Waals surface area contributed by atoms with Gasteiger partial charge in [0, 0.05) is 18.2 Å². The second-order valence-corrected chi connectivity index (χ2v) is 4.48. The number of nitrogens with zero attached hydrogens (tertiary/aromatic N) is 1. The van der Waals surface area contributed by atoms with Gasteiger partial charge in [0.15, 0.2) is 0 Å². The number of hydrogen-bond acceptors (Lipinski definition) is 5. The van der Waals surface area contributed by atoms with Crippen molar-refractivity contribution in [2.45, 2.75) is 32.4 Å². The van der Waals surface area contributed by atoms with E-state index in [2.05, 4.69) is 5.32 Å². The number of carbonyl (C=O) groups is 1. The topological polar surface area (TPSA) is 105 Å². The molecule has 104 valence electrons. The highest BCUT2D eigenvalue weighted by atomic mass is 16.6. The summed E-state index contributed by atoms with van der Waals surface area (Å²) in [6, 6.07) is 5.44. The maximum atomic E-state index is 11.5. The molecule has 0 heterocycles. The predicted molar refractivity (Wildman–Crippen MR) is 68.8 cm³/mol. The van der Waals surface area contributed by atoms with Gasteiger partial charge in [0.05, 0.1) is 11.0 Å². The summed E-state index contributed by atoms with van der Waals surface area (Å²) in [6.07, 6.45) is 0.336. The Hall–Kier alpha value is -1.99. The summed E-state index contributed by atoms with van der Waals surface area (Å²) in [6.45, 7) is 3.76. The van der Waals surface area contributed by atoms with Crippen LogP contribution in [0.5, 0.6) is 0 Å². The van der Waals surface area contributed by atoms with Crippen molar-refractivity contribution in [1.29, 1.82) is 0 Å². The van der Waals surface area contributed by atoms with Crippen LogP contribution >= 0.6 is 0 Å². The van der Waals surface area contributed by atoms with Gasteiger partial charge in [0.1, 0.15) is 0 Å². The number of benzene rings is 1. The number of non-ortho nitro benzene ring substituents is 1. The van der Waals surface area contributed by atoms with E-state index in [1.54, 1.807) is 17.6 Å². The van der Waals surface area contributed by atoms with E-state index in [1.807, 2.05) is 13.8 Å². The summed E-state index contributed by atoms with van der Waals surface area (Å²) < 4.78 is 0. The molecule has 0 fully saturated rings. The Morgan fingerprint density at radius 1 is 1.37 bits per heavy atom. The third-order valence-electron chi connectivity index (χ3n) is 2.55. The lowest BCUT2D eigenvalue weighted by atomic mass is 10.0. The van der Waals surface area contributed by atoms with Gasteiger partial charge in [-0.05, 0) is 12.0 Å². The van der Waals surface area contributed by atoms with Gasteiger partial charge in [-0.25, -0.2) is 5.48 Å². The zero-order valence-electron chi connectivity index (χ0n) is 10.8. The number of amides is 1. The second-order valence-electron chi connectivity index (χ2n) is 4.48. The minimum Gasteiger partial charge on any atom is -0.303 e. The van der Waals surface area contributed by atoms with Gasteiger partial charge < -0.3 is 5.32 Å². The molecule has 0 aromatic heterocycles. The van der Waals surface area contributed by atoms with Gasteiger partial charge >= 0.3 is 0 Å². The first-order valence-electron chi connectivity index (χ1n) is 5.87. The Labute approximate surface area is 110 Å². The number of nitro groups is 1. The molecule has 0 aliphatic heterocycles. The average Bonchev–Trinajstić information content (AvgIpc) is 2.37. The predicted octanol–water partition coefficient (Wildman–Crippen LogP) is 1.01. The monoisotopic (exact) mass is 267 g/mol. The molecular formula is C12H17N3O4. The van der Waals surface area contributed by atoms with Gasteiger partial charge in [0.25, 0.3) is 11.6 Å². The summed E-state index contributed by atoms with van der Waals surface area (Å²) in [5.74, 6) is -0.535. The molecule has 0 saturated heterocycles. The second kappa shape index (κ2) is 6.81. The van der Waals surface area contributed by atoms with Crippen LogP contribution in [-0.4, -0.2) is 28.1 Å². The van der Waals surface area contributed by atoms with E-state index >= 15 is 0 Å². The fourth-order valence-corrected chi connectivity index (χ4v) is 1.70. The van der Waals surface area contributed by atoms with Crippen molar-refractivity contribution < 1.29 is 14.9 Å². The van der Waals surface area contributed by atoms with Crippen molar-refractivity contribution in [3.8, 4) is 0 Å². The van der Waals surface area contributed by atoms with Crippen molar-refractivity contribution in [2.24, 2.45) is 0 Å². The van der Waals surface area contributed by atoms with Crippen LogP contribution < -0.4 is 10.8 Å². The van der Waals surface area contributed by atoms with Gasteiger partial charge in [-0.3, -0.25) is 20.1 Å². The van der Waals surface area contributed by atoms with E-state index in [4.69, 9.17) is 5.21 Å². The fraction of sp³-hybridized carbons (Fsp3) is 0.417. The number of carbonyl (C=O) groups excluding carboxylic acids is 1. The first kappa shape index (κ1) is 15.1. The molecule has 0 saturated carbocycles. The van der Waals surface area contributed by atoms with E-state index in [0.717, 1.165) is 5.56 Å². The van der Waals surface area contributed by atoms with E-state index in [-0.39, 0.29) is 11.7 Å². The molecule has 0 radical (unpaired) electrons. The van der Waals surface area contributed by atoms with Crippen molar-refractivity contribution in [2.75, 3.05) is 0 Å². The molecule has 0 aliphatic rings. The highest BCUT2D eigenvalue weighted by molar-refractivity contribution is 5.81. The molecule has 1 unspecified atom stereocenters.